The van der Waals surface area contributed by atoms with Gasteiger partial charge in [-0.1, -0.05) is 31.2 Å². The van der Waals surface area contributed by atoms with E-state index in [0.29, 0.717) is 5.56 Å². The molecule has 0 saturated carbocycles. The summed E-state index contributed by atoms with van der Waals surface area (Å²) >= 11 is 0. The molecule has 1 atom stereocenters. The van der Waals surface area contributed by atoms with Crippen molar-refractivity contribution in [2.45, 2.75) is 38.8 Å². The van der Waals surface area contributed by atoms with Crippen LogP contribution in [0.5, 0.6) is 0 Å². The number of imidazole rings is 1. The molecule has 4 heteroatoms. The molecule has 1 aromatic carbocycles. The first-order valence-corrected chi connectivity index (χ1v) is 7.55. The van der Waals surface area contributed by atoms with Crippen LogP contribution in [0, 0.1) is 0 Å². The summed E-state index contributed by atoms with van der Waals surface area (Å²) in [7, 11) is 0. The molecule has 2 aromatic rings. The molecule has 0 spiro atoms. The minimum Gasteiger partial charge on any atom is -0.453 e. The molecule has 22 heavy (non-hydrogen) atoms. The molecule has 1 aromatic heterocycles. The van der Waals surface area contributed by atoms with E-state index < -0.39 is 5.60 Å². The van der Waals surface area contributed by atoms with E-state index in [1.807, 2.05) is 44.3 Å². The van der Waals surface area contributed by atoms with Gasteiger partial charge in [0, 0.05) is 0 Å². The van der Waals surface area contributed by atoms with E-state index in [-0.39, 0.29) is 12.0 Å². The number of allylic oxidation sites excluding steroid dienone is 1. The third-order valence-electron chi connectivity index (χ3n) is 3.99. The van der Waals surface area contributed by atoms with Crippen molar-refractivity contribution in [1.29, 1.82) is 0 Å². The lowest BCUT2D eigenvalue weighted by atomic mass is 9.85. The summed E-state index contributed by atoms with van der Waals surface area (Å²) in [5, 5.41) is 0. The maximum atomic E-state index is 12.2. The quantitative estimate of drug-likeness (QED) is 0.808. The second kappa shape index (κ2) is 5.44. The number of ether oxygens (including phenoxy) is 1. The fourth-order valence-corrected chi connectivity index (χ4v) is 3.03. The minimum atomic E-state index is -0.638. The van der Waals surface area contributed by atoms with Crippen LogP contribution in [-0.4, -0.2) is 21.1 Å². The first-order chi connectivity index (χ1) is 10.5. The Morgan fingerprint density at radius 1 is 1.36 bits per heavy atom. The fraction of sp³-hybridized carbons (Fsp3) is 0.333. The number of nitrogens with zero attached hydrogens (tertiary/aromatic N) is 2. The van der Waals surface area contributed by atoms with Gasteiger partial charge in [0.1, 0.15) is 11.6 Å². The topological polar surface area (TPSA) is 44.1 Å². The van der Waals surface area contributed by atoms with Gasteiger partial charge < -0.3 is 9.30 Å². The van der Waals surface area contributed by atoms with E-state index in [9.17, 15) is 4.79 Å². The van der Waals surface area contributed by atoms with Crippen LogP contribution in [0.1, 0.15) is 54.8 Å². The molecule has 0 saturated heterocycles. The number of carbonyl (C=O) groups excluding carboxylic acids is 1. The molecule has 2 heterocycles. The standard InChI is InChI=1S/C18H20N2O2/c1-4-5-8-13-11-19-12-20(13)16-14-9-6-7-10-15(14)17(21)22-18(16,2)3/h5-12,16H,4H2,1-3H3/b8-5+. The highest BCUT2D eigenvalue weighted by molar-refractivity contribution is 5.93. The Labute approximate surface area is 130 Å². The maximum absolute atomic E-state index is 12.2. The lowest BCUT2D eigenvalue weighted by molar-refractivity contribution is -0.0262. The molecular weight excluding hydrogens is 276 g/mol. The van der Waals surface area contributed by atoms with Gasteiger partial charge in [-0.15, -0.1) is 0 Å². The Kier molecular flexibility index (Phi) is 3.61. The van der Waals surface area contributed by atoms with Gasteiger partial charge >= 0.3 is 5.97 Å². The van der Waals surface area contributed by atoms with Crippen LogP contribution in [0.25, 0.3) is 6.08 Å². The van der Waals surface area contributed by atoms with E-state index in [1.54, 1.807) is 6.33 Å². The van der Waals surface area contributed by atoms with Crippen LogP contribution in [0.15, 0.2) is 42.9 Å². The molecule has 0 aliphatic carbocycles. The molecule has 1 unspecified atom stereocenters. The summed E-state index contributed by atoms with van der Waals surface area (Å²) in [6.07, 6.45) is 8.76. The van der Waals surface area contributed by atoms with Crippen LogP contribution >= 0.6 is 0 Å². The van der Waals surface area contributed by atoms with Crippen LogP contribution < -0.4 is 0 Å². The Morgan fingerprint density at radius 3 is 2.91 bits per heavy atom. The molecule has 114 valence electrons. The van der Waals surface area contributed by atoms with Crippen LogP contribution in [0.4, 0.5) is 0 Å². The number of cyclic esters (lactones) is 1. The van der Waals surface area contributed by atoms with Gasteiger partial charge in [-0.3, -0.25) is 0 Å². The lowest BCUT2D eigenvalue weighted by Gasteiger charge is -2.40. The summed E-state index contributed by atoms with van der Waals surface area (Å²) in [6, 6.07) is 7.54. The zero-order chi connectivity index (χ0) is 15.7. The van der Waals surface area contributed by atoms with Crippen molar-refractivity contribution in [3.05, 3.63) is 59.7 Å². The van der Waals surface area contributed by atoms with Crippen molar-refractivity contribution in [3.8, 4) is 0 Å². The molecule has 1 aliphatic rings. The second-order valence-corrected chi connectivity index (χ2v) is 6.02. The van der Waals surface area contributed by atoms with Crippen LogP contribution in [0.2, 0.25) is 0 Å². The van der Waals surface area contributed by atoms with Crippen molar-refractivity contribution in [2.24, 2.45) is 0 Å². The highest BCUT2D eigenvalue weighted by Crippen LogP contribution is 2.40. The largest absolute Gasteiger partial charge is 0.453 e. The number of rotatable bonds is 3. The van der Waals surface area contributed by atoms with Crippen molar-refractivity contribution < 1.29 is 9.53 Å². The van der Waals surface area contributed by atoms with Crippen LogP contribution in [0.3, 0.4) is 0 Å². The summed E-state index contributed by atoms with van der Waals surface area (Å²) < 4.78 is 7.77. The summed E-state index contributed by atoms with van der Waals surface area (Å²) in [5.74, 6) is -0.261. The zero-order valence-corrected chi connectivity index (χ0v) is 13.1. The van der Waals surface area contributed by atoms with Crippen molar-refractivity contribution in [1.82, 2.24) is 9.55 Å². The number of fused-ring (bicyclic) bond motifs is 1. The monoisotopic (exact) mass is 296 g/mol. The molecule has 3 rings (SSSR count). The third-order valence-corrected chi connectivity index (χ3v) is 3.99. The fourth-order valence-electron chi connectivity index (χ4n) is 3.03. The highest BCUT2D eigenvalue weighted by atomic mass is 16.6. The molecule has 0 N–H and O–H groups in total. The minimum absolute atomic E-state index is 0.0968. The molecule has 4 nitrogen and oxygen atoms in total. The number of esters is 1. The van der Waals surface area contributed by atoms with E-state index in [1.165, 1.54) is 0 Å². The van der Waals surface area contributed by atoms with Gasteiger partial charge in [0.2, 0.25) is 0 Å². The van der Waals surface area contributed by atoms with E-state index >= 15 is 0 Å². The first-order valence-electron chi connectivity index (χ1n) is 7.55. The Balaban J connectivity index is 2.16. The average Bonchev–Trinajstić information content (AvgIpc) is 2.92. The predicted molar refractivity (Wildman–Crippen MR) is 85.6 cm³/mol. The summed E-state index contributed by atoms with van der Waals surface area (Å²) in [5.41, 5.74) is 1.98. The van der Waals surface area contributed by atoms with E-state index in [2.05, 4.69) is 28.6 Å². The Bertz CT molecular complexity index is 728. The van der Waals surface area contributed by atoms with Crippen LogP contribution in [-0.2, 0) is 4.74 Å². The van der Waals surface area contributed by atoms with Gasteiger partial charge in [-0.2, -0.15) is 0 Å². The highest BCUT2D eigenvalue weighted by Gasteiger charge is 2.43. The molecule has 1 aliphatic heterocycles. The van der Waals surface area contributed by atoms with Gasteiger partial charge in [-0.05, 0) is 38.0 Å². The molecule has 0 radical (unpaired) electrons. The summed E-state index contributed by atoms with van der Waals surface area (Å²) in [6.45, 7) is 5.98. The lowest BCUT2D eigenvalue weighted by Crippen LogP contribution is -2.43. The smallest absolute Gasteiger partial charge is 0.339 e. The third kappa shape index (κ3) is 2.34. The van der Waals surface area contributed by atoms with Gasteiger partial charge in [-0.25, -0.2) is 9.78 Å². The molecular formula is C18H20N2O2. The molecule has 0 amide bonds. The normalized spacial score (nSPS) is 20.0. The van der Waals surface area contributed by atoms with Gasteiger partial charge in [0.25, 0.3) is 0 Å². The Morgan fingerprint density at radius 2 is 2.14 bits per heavy atom. The van der Waals surface area contributed by atoms with Crippen molar-refractivity contribution in [3.63, 3.8) is 0 Å². The molecule has 0 fully saturated rings. The first kappa shape index (κ1) is 14.6. The SMILES string of the molecule is CC/C=C/c1cncn1C1c2ccccc2C(=O)OC1(C)C. The number of carbonyl (C=O) groups is 1. The number of hydrogen-bond donors (Lipinski definition) is 0. The van der Waals surface area contributed by atoms with E-state index in [4.69, 9.17) is 4.74 Å². The number of aromatic nitrogens is 2. The van der Waals surface area contributed by atoms with Crippen molar-refractivity contribution >= 4 is 12.0 Å². The Hall–Kier alpha value is -2.36. The average molecular weight is 296 g/mol. The second-order valence-electron chi connectivity index (χ2n) is 6.02. The van der Waals surface area contributed by atoms with Crippen molar-refractivity contribution in [2.75, 3.05) is 0 Å². The summed E-state index contributed by atoms with van der Waals surface area (Å²) in [4.78, 5) is 16.5. The van der Waals surface area contributed by atoms with Gasteiger partial charge in [0.15, 0.2) is 0 Å². The zero-order valence-electron chi connectivity index (χ0n) is 13.1. The number of hydrogen-bond acceptors (Lipinski definition) is 3. The maximum Gasteiger partial charge on any atom is 0.339 e. The van der Waals surface area contributed by atoms with Gasteiger partial charge in [0.05, 0.1) is 23.8 Å². The predicted octanol–water partition coefficient (Wildman–Crippen LogP) is 3.84. The molecule has 0 bridgehead atoms. The van der Waals surface area contributed by atoms with E-state index in [0.717, 1.165) is 17.7 Å². The number of benzene rings is 1.